The van der Waals surface area contributed by atoms with E-state index in [2.05, 4.69) is 11.1 Å². The quantitative estimate of drug-likeness (QED) is 0.765. The molecule has 0 bridgehead atoms. The number of carbonyl (C=O) groups is 1. The molecule has 0 fully saturated rings. The Morgan fingerprint density at radius 2 is 2.08 bits per heavy atom. The zero-order valence-electron chi connectivity index (χ0n) is 12.5. The van der Waals surface area contributed by atoms with Gasteiger partial charge in [0.25, 0.3) is 0 Å². The number of aromatic nitrogens is 2. The van der Waals surface area contributed by atoms with Gasteiger partial charge in [0.05, 0.1) is 33.3 Å². The summed E-state index contributed by atoms with van der Waals surface area (Å²) in [6.07, 6.45) is 0.284. The molecule has 1 aromatic heterocycles. The van der Waals surface area contributed by atoms with E-state index in [0.29, 0.717) is 27.5 Å². The average Bonchev–Trinajstić information content (AvgIpc) is 2.86. The second-order valence-corrected chi connectivity index (χ2v) is 6.06. The maximum atomic E-state index is 11.2. The van der Waals surface area contributed by atoms with E-state index in [4.69, 9.17) is 28.5 Å². The summed E-state index contributed by atoms with van der Waals surface area (Å²) in [6, 6.07) is 10.2. The highest BCUT2D eigenvalue weighted by molar-refractivity contribution is 6.37. The number of fused-ring (bicyclic) bond motifs is 1. The van der Waals surface area contributed by atoms with Crippen molar-refractivity contribution in [1.29, 1.82) is 5.26 Å². The van der Waals surface area contributed by atoms with Crippen LogP contribution in [0.3, 0.4) is 0 Å². The summed E-state index contributed by atoms with van der Waals surface area (Å²) >= 11 is 12.4. The van der Waals surface area contributed by atoms with Gasteiger partial charge in [0.2, 0.25) is 0 Å². The van der Waals surface area contributed by atoms with Crippen LogP contribution in [0.2, 0.25) is 10.0 Å². The third-order valence-electron chi connectivity index (χ3n) is 3.85. The second kappa shape index (κ2) is 6.16. The largest absolute Gasteiger partial charge is 0.478 e. The number of hydrogen-bond acceptors (Lipinski definition) is 3. The Balaban J connectivity index is 2.11. The normalized spacial score (nSPS) is 10.8. The number of rotatable bonds is 3. The molecule has 0 aliphatic rings. The fourth-order valence-electron chi connectivity index (χ4n) is 2.56. The molecule has 0 amide bonds. The Morgan fingerprint density at radius 3 is 2.75 bits per heavy atom. The highest BCUT2D eigenvalue weighted by atomic mass is 35.5. The van der Waals surface area contributed by atoms with Crippen LogP contribution >= 0.6 is 23.2 Å². The van der Waals surface area contributed by atoms with E-state index in [-0.39, 0.29) is 17.0 Å². The van der Waals surface area contributed by atoms with E-state index in [0.717, 1.165) is 5.52 Å². The van der Waals surface area contributed by atoms with Crippen LogP contribution < -0.4 is 0 Å². The van der Waals surface area contributed by atoms with E-state index >= 15 is 0 Å². The molecule has 1 heterocycles. The number of hydrogen-bond donors (Lipinski definition) is 1. The molecule has 0 radical (unpaired) electrons. The monoisotopic (exact) mass is 359 g/mol. The molecule has 0 spiro atoms. The number of nitriles is 1. The lowest BCUT2D eigenvalue weighted by Crippen LogP contribution is -2.04. The van der Waals surface area contributed by atoms with Crippen molar-refractivity contribution in [3.05, 3.63) is 62.9 Å². The van der Waals surface area contributed by atoms with Gasteiger partial charge < -0.3 is 9.67 Å². The van der Waals surface area contributed by atoms with Crippen LogP contribution in [0.15, 0.2) is 30.3 Å². The van der Waals surface area contributed by atoms with Gasteiger partial charge in [-0.25, -0.2) is 9.78 Å². The van der Waals surface area contributed by atoms with Crippen LogP contribution in [-0.4, -0.2) is 20.6 Å². The number of imidazole rings is 1. The van der Waals surface area contributed by atoms with Gasteiger partial charge in [0.1, 0.15) is 5.82 Å². The smallest absolute Gasteiger partial charge is 0.337 e. The lowest BCUT2D eigenvalue weighted by molar-refractivity contribution is 0.0697. The number of benzene rings is 2. The van der Waals surface area contributed by atoms with Crippen LogP contribution in [0.4, 0.5) is 0 Å². The molecule has 0 aliphatic heterocycles. The zero-order chi connectivity index (χ0) is 17.4. The number of carboxylic acids is 1. The van der Waals surface area contributed by atoms with Crippen molar-refractivity contribution in [2.24, 2.45) is 7.05 Å². The minimum Gasteiger partial charge on any atom is -0.478 e. The van der Waals surface area contributed by atoms with E-state index < -0.39 is 5.97 Å². The van der Waals surface area contributed by atoms with Crippen LogP contribution in [0.1, 0.15) is 27.3 Å². The van der Waals surface area contributed by atoms with Gasteiger partial charge in [-0.05, 0) is 35.9 Å². The van der Waals surface area contributed by atoms with Gasteiger partial charge in [-0.2, -0.15) is 5.26 Å². The number of aryl methyl sites for hydroxylation is 1. The summed E-state index contributed by atoms with van der Waals surface area (Å²) in [6.45, 7) is 0. The molecule has 0 aliphatic carbocycles. The Bertz CT molecular complexity index is 1020. The Hall–Kier alpha value is -2.55. The maximum Gasteiger partial charge on any atom is 0.337 e. The predicted molar refractivity (Wildman–Crippen MR) is 91.7 cm³/mol. The number of aromatic carboxylic acids is 1. The summed E-state index contributed by atoms with van der Waals surface area (Å²) < 4.78 is 1.87. The number of halogens is 2. The third kappa shape index (κ3) is 2.71. The summed E-state index contributed by atoms with van der Waals surface area (Å²) in [5.41, 5.74) is 2.59. The molecule has 3 aromatic rings. The van der Waals surface area contributed by atoms with Crippen molar-refractivity contribution >= 4 is 40.2 Å². The Kier molecular flexibility index (Phi) is 4.18. The van der Waals surface area contributed by atoms with Gasteiger partial charge in [0, 0.05) is 18.5 Å². The fourth-order valence-corrected chi connectivity index (χ4v) is 3.15. The van der Waals surface area contributed by atoms with Crippen molar-refractivity contribution in [2.45, 2.75) is 6.42 Å². The highest BCUT2D eigenvalue weighted by Crippen LogP contribution is 2.31. The van der Waals surface area contributed by atoms with Crippen molar-refractivity contribution in [3.63, 3.8) is 0 Å². The first-order valence-corrected chi connectivity index (χ1v) is 7.73. The molecule has 3 rings (SSSR count). The summed E-state index contributed by atoms with van der Waals surface area (Å²) in [5, 5.41) is 18.7. The SMILES string of the molecule is Cn1c(Cc2c(Cl)ccc(C(=O)O)c2Cl)nc2cc(C#N)ccc21. The molecular formula is C17H11Cl2N3O2. The molecule has 2 aromatic carbocycles. The molecule has 120 valence electrons. The molecule has 0 saturated heterocycles. The first kappa shape index (κ1) is 16.3. The van der Waals surface area contributed by atoms with E-state index in [1.54, 1.807) is 12.1 Å². The van der Waals surface area contributed by atoms with Crippen LogP contribution in [0.5, 0.6) is 0 Å². The summed E-state index contributed by atoms with van der Waals surface area (Å²) in [7, 11) is 1.85. The van der Waals surface area contributed by atoms with Gasteiger partial charge >= 0.3 is 5.97 Å². The highest BCUT2D eigenvalue weighted by Gasteiger charge is 2.18. The lowest BCUT2D eigenvalue weighted by atomic mass is 10.1. The fraction of sp³-hybridized carbons (Fsp3) is 0.118. The topological polar surface area (TPSA) is 78.9 Å². The molecule has 5 nitrogen and oxygen atoms in total. The van der Waals surface area contributed by atoms with E-state index in [1.807, 2.05) is 17.7 Å². The molecule has 7 heteroatoms. The lowest BCUT2D eigenvalue weighted by Gasteiger charge is -2.09. The minimum atomic E-state index is -1.11. The van der Waals surface area contributed by atoms with Crippen LogP contribution in [0, 0.1) is 11.3 Å². The van der Waals surface area contributed by atoms with E-state index in [1.165, 1.54) is 12.1 Å². The molecule has 0 unspecified atom stereocenters. The van der Waals surface area contributed by atoms with Crippen LogP contribution in [-0.2, 0) is 13.5 Å². The van der Waals surface area contributed by atoms with Gasteiger partial charge in [-0.3, -0.25) is 0 Å². The van der Waals surface area contributed by atoms with Crippen molar-refractivity contribution in [2.75, 3.05) is 0 Å². The van der Waals surface area contributed by atoms with Crippen molar-refractivity contribution in [1.82, 2.24) is 9.55 Å². The van der Waals surface area contributed by atoms with Crippen LogP contribution in [0.25, 0.3) is 11.0 Å². The number of nitrogens with zero attached hydrogens (tertiary/aromatic N) is 3. The Morgan fingerprint density at radius 1 is 1.33 bits per heavy atom. The standard InChI is InChI=1S/C17H11Cl2N3O2/c1-22-14-5-2-9(8-20)6-13(14)21-15(22)7-11-12(18)4-3-10(16(11)19)17(23)24/h2-6H,7H2,1H3,(H,23,24). The van der Waals surface area contributed by atoms with Gasteiger partial charge in [0.15, 0.2) is 0 Å². The van der Waals surface area contributed by atoms with Gasteiger partial charge in [-0.15, -0.1) is 0 Å². The van der Waals surface area contributed by atoms with Gasteiger partial charge in [-0.1, -0.05) is 23.2 Å². The van der Waals surface area contributed by atoms with Crippen molar-refractivity contribution in [3.8, 4) is 6.07 Å². The number of carboxylic acid groups (broad SMARTS) is 1. The molecule has 0 atom stereocenters. The minimum absolute atomic E-state index is 0.00148. The Labute approximate surface area is 147 Å². The molecule has 1 N–H and O–H groups in total. The second-order valence-electron chi connectivity index (χ2n) is 5.27. The summed E-state index contributed by atoms with van der Waals surface area (Å²) in [4.78, 5) is 15.8. The molecule has 0 saturated carbocycles. The summed E-state index contributed by atoms with van der Waals surface area (Å²) in [5.74, 6) is -0.437. The van der Waals surface area contributed by atoms with E-state index in [9.17, 15) is 9.90 Å². The average molecular weight is 360 g/mol. The first-order valence-electron chi connectivity index (χ1n) is 6.98. The zero-order valence-corrected chi connectivity index (χ0v) is 14.1. The third-order valence-corrected chi connectivity index (χ3v) is 4.64. The van der Waals surface area contributed by atoms with Crippen molar-refractivity contribution < 1.29 is 9.90 Å². The predicted octanol–water partition coefficient (Wildman–Crippen LogP) is 4.04. The molecule has 24 heavy (non-hydrogen) atoms. The first-order chi connectivity index (χ1) is 11.4. The maximum absolute atomic E-state index is 11.2. The molecular weight excluding hydrogens is 349 g/mol.